The first-order valence-electron chi connectivity index (χ1n) is 11.8. The van der Waals surface area contributed by atoms with E-state index in [-0.39, 0.29) is 5.69 Å². The van der Waals surface area contributed by atoms with Gasteiger partial charge >= 0.3 is 0 Å². The second-order valence-electron chi connectivity index (χ2n) is 9.51. The molecule has 1 aliphatic heterocycles. The summed E-state index contributed by atoms with van der Waals surface area (Å²) >= 11 is 0. The monoisotopic (exact) mass is 475 g/mol. The van der Waals surface area contributed by atoms with Gasteiger partial charge in [0.05, 0.1) is 5.52 Å². The van der Waals surface area contributed by atoms with Gasteiger partial charge in [0.1, 0.15) is 22.7 Å². The number of aromatic nitrogens is 4. The third-order valence-corrected chi connectivity index (χ3v) is 6.53. The molecule has 9 heteroatoms. The molecule has 1 N–H and O–H groups in total. The highest BCUT2D eigenvalue weighted by atomic mass is 19.1. The number of benzene rings is 2. The number of fused-ring (bicyclic) bond motifs is 1. The van der Waals surface area contributed by atoms with Gasteiger partial charge in [-0.15, -0.1) is 0 Å². The van der Waals surface area contributed by atoms with Crippen LogP contribution in [-0.2, 0) is 6.54 Å². The van der Waals surface area contributed by atoms with Crippen LogP contribution >= 0.6 is 0 Å². The smallest absolute Gasteiger partial charge is 0.273 e. The Morgan fingerprint density at radius 2 is 1.86 bits per heavy atom. The van der Waals surface area contributed by atoms with Gasteiger partial charge in [-0.05, 0) is 57.4 Å². The zero-order valence-corrected chi connectivity index (χ0v) is 20.5. The summed E-state index contributed by atoms with van der Waals surface area (Å²) in [6.07, 6.45) is 0. The molecule has 35 heavy (non-hydrogen) atoms. The Labute approximate surface area is 203 Å². The second-order valence-corrected chi connectivity index (χ2v) is 9.51. The average Bonchev–Trinajstić information content (AvgIpc) is 3.22. The van der Waals surface area contributed by atoms with Crippen LogP contribution in [0.3, 0.4) is 0 Å². The number of rotatable bonds is 5. The lowest BCUT2D eigenvalue weighted by atomic mass is 10.0. The normalized spacial score (nSPS) is 14.9. The van der Waals surface area contributed by atoms with Gasteiger partial charge in [-0.2, -0.15) is 14.9 Å². The minimum absolute atomic E-state index is 0.158. The average molecular weight is 476 g/mol. The van der Waals surface area contributed by atoms with Crippen molar-refractivity contribution in [3.05, 3.63) is 69.8 Å². The lowest BCUT2D eigenvalue weighted by Crippen LogP contribution is -2.44. The molecule has 0 spiro atoms. The first-order valence-corrected chi connectivity index (χ1v) is 11.8. The van der Waals surface area contributed by atoms with Crippen molar-refractivity contribution in [2.24, 2.45) is 0 Å². The lowest BCUT2D eigenvalue weighted by Gasteiger charge is -2.35. The number of hydrogen-bond acceptors (Lipinski definition) is 6. The quantitative estimate of drug-likeness (QED) is 0.478. The molecule has 0 aliphatic carbocycles. The van der Waals surface area contributed by atoms with Crippen molar-refractivity contribution >= 4 is 16.7 Å². The summed E-state index contributed by atoms with van der Waals surface area (Å²) in [7, 11) is 6.27. The molecule has 1 saturated heterocycles. The number of nitrogens with one attached hydrogen (secondary N) is 1. The molecule has 1 fully saturated rings. The van der Waals surface area contributed by atoms with Crippen molar-refractivity contribution < 1.29 is 4.39 Å². The maximum Gasteiger partial charge on any atom is 0.273 e. The van der Waals surface area contributed by atoms with E-state index in [4.69, 9.17) is 0 Å². The van der Waals surface area contributed by atoms with E-state index in [2.05, 4.69) is 63.3 Å². The SMILES string of the molecule is Cc1cccc(F)c1-n1nc2c(-c3ccc(N4CCN(C)CC4)c(CN(C)C)c3)n[nH]c2cc1=O. The number of aryl methyl sites for hydroxylation is 1. The first kappa shape index (κ1) is 23.2. The Kier molecular flexibility index (Phi) is 6.12. The first-order chi connectivity index (χ1) is 16.8. The molecule has 0 amide bonds. The Morgan fingerprint density at radius 1 is 1.09 bits per heavy atom. The molecule has 0 radical (unpaired) electrons. The molecule has 5 rings (SSSR count). The number of piperazine rings is 1. The summed E-state index contributed by atoms with van der Waals surface area (Å²) in [6.45, 7) is 6.57. The molecule has 182 valence electrons. The summed E-state index contributed by atoms with van der Waals surface area (Å²) in [5, 5.41) is 12.0. The molecule has 4 aromatic rings. The van der Waals surface area contributed by atoms with Gasteiger partial charge in [-0.1, -0.05) is 18.2 Å². The highest BCUT2D eigenvalue weighted by Gasteiger charge is 2.20. The summed E-state index contributed by atoms with van der Waals surface area (Å²) < 4.78 is 15.8. The highest BCUT2D eigenvalue weighted by molar-refractivity contribution is 5.89. The van der Waals surface area contributed by atoms with Gasteiger partial charge in [0.15, 0.2) is 0 Å². The van der Waals surface area contributed by atoms with Gasteiger partial charge in [0.25, 0.3) is 5.56 Å². The van der Waals surface area contributed by atoms with Gasteiger partial charge in [-0.3, -0.25) is 9.89 Å². The van der Waals surface area contributed by atoms with E-state index in [9.17, 15) is 9.18 Å². The molecular formula is C26H30FN7O. The van der Waals surface area contributed by atoms with E-state index in [0.717, 1.165) is 43.0 Å². The van der Waals surface area contributed by atoms with Crippen LogP contribution in [0.25, 0.3) is 28.0 Å². The van der Waals surface area contributed by atoms with Gasteiger partial charge < -0.3 is 14.7 Å². The molecule has 1 aliphatic rings. The Morgan fingerprint density at radius 3 is 2.57 bits per heavy atom. The van der Waals surface area contributed by atoms with E-state index in [0.29, 0.717) is 22.3 Å². The van der Waals surface area contributed by atoms with E-state index < -0.39 is 11.4 Å². The molecule has 0 unspecified atom stereocenters. The number of H-pyrrole nitrogens is 1. The standard InChI is InChI=1S/C26H30FN7O/c1-17-6-5-7-20(27)26(17)34-23(35)15-21-25(30-34)24(29-28-21)18-8-9-22(19(14-18)16-31(2)3)33-12-10-32(4)11-13-33/h5-9,14-15,28H,10-13,16H2,1-4H3. The fourth-order valence-corrected chi connectivity index (χ4v) is 4.69. The van der Waals surface area contributed by atoms with Crippen LogP contribution in [-0.4, -0.2) is 77.1 Å². The van der Waals surface area contributed by atoms with E-state index in [1.54, 1.807) is 19.1 Å². The molecule has 2 aromatic heterocycles. The van der Waals surface area contributed by atoms with Crippen LogP contribution in [0, 0.1) is 12.7 Å². The van der Waals surface area contributed by atoms with Crippen LogP contribution in [0.2, 0.25) is 0 Å². The predicted molar refractivity (Wildman–Crippen MR) is 137 cm³/mol. The molecule has 2 aromatic carbocycles. The Bertz CT molecular complexity index is 1410. The van der Waals surface area contributed by atoms with Crippen LogP contribution in [0.5, 0.6) is 0 Å². The molecule has 8 nitrogen and oxygen atoms in total. The molecular weight excluding hydrogens is 445 g/mol. The van der Waals surface area contributed by atoms with Crippen LogP contribution in [0.15, 0.2) is 47.3 Å². The van der Waals surface area contributed by atoms with Crippen molar-refractivity contribution in [1.29, 1.82) is 0 Å². The van der Waals surface area contributed by atoms with Crippen molar-refractivity contribution in [1.82, 2.24) is 29.8 Å². The minimum Gasteiger partial charge on any atom is -0.369 e. The molecule has 0 bridgehead atoms. The second kappa shape index (κ2) is 9.24. The van der Waals surface area contributed by atoms with E-state index in [1.165, 1.54) is 23.4 Å². The topological polar surface area (TPSA) is 73.3 Å². The van der Waals surface area contributed by atoms with Crippen LogP contribution < -0.4 is 10.5 Å². The zero-order valence-electron chi connectivity index (χ0n) is 20.5. The number of para-hydroxylation sites is 1. The highest BCUT2D eigenvalue weighted by Crippen LogP contribution is 2.31. The number of nitrogens with zero attached hydrogens (tertiary/aromatic N) is 6. The number of anilines is 1. The Hall–Kier alpha value is -3.56. The van der Waals surface area contributed by atoms with Gasteiger partial charge in [-0.25, -0.2) is 4.39 Å². The predicted octanol–water partition coefficient (Wildman–Crippen LogP) is 3.04. The summed E-state index contributed by atoms with van der Waals surface area (Å²) in [6, 6.07) is 12.5. The molecule has 0 saturated carbocycles. The third-order valence-electron chi connectivity index (χ3n) is 6.53. The van der Waals surface area contributed by atoms with Crippen molar-refractivity contribution in [3.8, 4) is 16.9 Å². The summed E-state index contributed by atoms with van der Waals surface area (Å²) in [4.78, 5) is 19.7. The molecule has 0 atom stereocenters. The van der Waals surface area contributed by atoms with Crippen LogP contribution in [0.4, 0.5) is 10.1 Å². The summed E-state index contributed by atoms with van der Waals surface area (Å²) in [5.41, 5.74) is 5.37. The zero-order chi connectivity index (χ0) is 24.7. The third kappa shape index (κ3) is 4.44. The minimum atomic E-state index is -0.492. The van der Waals surface area contributed by atoms with Crippen molar-refractivity contribution in [2.75, 3.05) is 52.2 Å². The summed E-state index contributed by atoms with van der Waals surface area (Å²) in [5.74, 6) is -0.492. The Balaban J connectivity index is 1.61. The van der Waals surface area contributed by atoms with Crippen molar-refractivity contribution in [3.63, 3.8) is 0 Å². The van der Waals surface area contributed by atoms with Crippen molar-refractivity contribution in [2.45, 2.75) is 13.5 Å². The molecule has 3 heterocycles. The fourth-order valence-electron chi connectivity index (χ4n) is 4.69. The van der Waals surface area contributed by atoms with E-state index >= 15 is 0 Å². The largest absolute Gasteiger partial charge is 0.369 e. The fraction of sp³-hybridized carbons (Fsp3) is 0.346. The number of likely N-dealkylation sites (N-methyl/N-ethyl adjacent to an activating group) is 1. The number of hydrogen-bond donors (Lipinski definition) is 1. The maximum atomic E-state index is 14.7. The van der Waals surface area contributed by atoms with Gasteiger partial charge in [0.2, 0.25) is 0 Å². The van der Waals surface area contributed by atoms with Crippen LogP contribution in [0.1, 0.15) is 11.1 Å². The number of aromatic amines is 1. The van der Waals surface area contributed by atoms with E-state index in [1.807, 2.05) is 6.07 Å². The number of halogens is 1. The lowest BCUT2D eigenvalue weighted by molar-refractivity contribution is 0.312. The maximum absolute atomic E-state index is 14.7. The van der Waals surface area contributed by atoms with Gasteiger partial charge in [0, 0.05) is 50.0 Å².